The van der Waals surface area contributed by atoms with E-state index >= 15 is 0 Å². The Morgan fingerprint density at radius 3 is 2.95 bits per heavy atom. The lowest BCUT2D eigenvalue weighted by atomic mass is 10.1. The second-order valence-electron chi connectivity index (χ2n) is 5.05. The highest BCUT2D eigenvalue weighted by Crippen LogP contribution is 2.42. The van der Waals surface area contributed by atoms with Crippen molar-refractivity contribution in [2.45, 2.75) is 13.0 Å². The maximum atomic E-state index is 12.0. The summed E-state index contributed by atoms with van der Waals surface area (Å²) < 4.78 is 11.7. The Kier molecular flexibility index (Phi) is 3.96. The standard InChI is InChI=1S/C16H16N2O3S/c1-9(17)8-21-14-13-10-4-3-7-18-11(10)5-6-12(13)22-15(14)16(19)20-2/h3-7,9H,8,17H2,1-2H3/t9-/m1/s1. The van der Waals surface area contributed by atoms with E-state index in [-0.39, 0.29) is 6.04 Å². The van der Waals surface area contributed by atoms with Crippen molar-refractivity contribution in [2.24, 2.45) is 5.73 Å². The van der Waals surface area contributed by atoms with Crippen LogP contribution in [0.25, 0.3) is 21.0 Å². The van der Waals surface area contributed by atoms with Crippen molar-refractivity contribution in [1.29, 1.82) is 0 Å². The fourth-order valence-electron chi connectivity index (χ4n) is 2.30. The monoisotopic (exact) mass is 316 g/mol. The topological polar surface area (TPSA) is 74.4 Å². The molecule has 0 aliphatic carbocycles. The van der Waals surface area contributed by atoms with Crippen molar-refractivity contribution in [2.75, 3.05) is 13.7 Å². The molecule has 0 amide bonds. The van der Waals surface area contributed by atoms with Crippen LogP contribution in [-0.2, 0) is 4.74 Å². The van der Waals surface area contributed by atoms with Gasteiger partial charge in [-0.15, -0.1) is 11.3 Å². The molecule has 2 N–H and O–H groups in total. The first-order valence-electron chi connectivity index (χ1n) is 6.88. The van der Waals surface area contributed by atoms with Crippen LogP contribution >= 0.6 is 11.3 Å². The summed E-state index contributed by atoms with van der Waals surface area (Å²) in [5, 5.41) is 1.84. The fraction of sp³-hybridized carbons (Fsp3) is 0.250. The van der Waals surface area contributed by atoms with E-state index in [0.29, 0.717) is 17.2 Å². The van der Waals surface area contributed by atoms with Crippen molar-refractivity contribution in [1.82, 2.24) is 4.98 Å². The molecule has 114 valence electrons. The van der Waals surface area contributed by atoms with E-state index in [1.54, 1.807) is 6.20 Å². The van der Waals surface area contributed by atoms with Gasteiger partial charge in [0.15, 0.2) is 10.6 Å². The first-order chi connectivity index (χ1) is 10.6. The van der Waals surface area contributed by atoms with Gasteiger partial charge in [-0.3, -0.25) is 4.98 Å². The zero-order chi connectivity index (χ0) is 15.7. The maximum absolute atomic E-state index is 12.0. The van der Waals surface area contributed by atoms with E-state index in [9.17, 15) is 4.79 Å². The Hall–Kier alpha value is -2.18. The summed E-state index contributed by atoms with van der Waals surface area (Å²) in [6.07, 6.45) is 1.74. The molecule has 5 nitrogen and oxygen atoms in total. The minimum absolute atomic E-state index is 0.131. The molecule has 1 atom stereocenters. The van der Waals surface area contributed by atoms with Gasteiger partial charge in [-0.1, -0.05) is 6.07 Å². The molecule has 0 fully saturated rings. The molecule has 0 radical (unpaired) electrons. The van der Waals surface area contributed by atoms with Crippen LogP contribution in [0.1, 0.15) is 16.6 Å². The maximum Gasteiger partial charge on any atom is 0.351 e. The number of fused-ring (bicyclic) bond motifs is 3. The van der Waals surface area contributed by atoms with Crippen LogP contribution in [0.5, 0.6) is 5.75 Å². The van der Waals surface area contributed by atoms with Crippen molar-refractivity contribution in [3.63, 3.8) is 0 Å². The number of esters is 1. The third-order valence-corrected chi connectivity index (χ3v) is 4.37. The molecule has 1 aromatic carbocycles. The highest BCUT2D eigenvalue weighted by molar-refractivity contribution is 7.21. The predicted octanol–water partition coefficient (Wildman–Crippen LogP) is 2.96. The second-order valence-corrected chi connectivity index (χ2v) is 6.10. The van der Waals surface area contributed by atoms with Gasteiger partial charge in [-0.05, 0) is 25.1 Å². The number of nitrogens with zero attached hydrogens (tertiary/aromatic N) is 1. The Labute approximate surface area is 131 Å². The van der Waals surface area contributed by atoms with E-state index in [2.05, 4.69) is 4.98 Å². The van der Waals surface area contributed by atoms with Crippen LogP contribution in [-0.4, -0.2) is 30.7 Å². The summed E-state index contributed by atoms with van der Waals surface area (Å²) >= 11 is 1.35. The summed E-state index contributed by atoms with van der Waals surface area (Å²) in [6, 6.07) is 7.59. The number of pyridine rings is 1. The van der Waals surface area contributed by atoms with E-state index in [4.69, 9.17) is 15.2 Å². The molecule has 0 spiro atoms. The zero-order valence-electron chi connectivity index (χ0n) is 12.3. The third-order valence-electron chi connectivity index (χ3n) is 3.25. The first kappa shape index (κ1) is 14.7. The van der Waals surface area contributed by atoms with Gasteiger partial charge in [0.25, 0.3) is 0 Å². The third kappa shape index (κ3) is 2.51. The number of methoxy groups -OCH3 is 1. The number of benzene rings is 1. The van der Waals surface area contributed by atoms with E-state index in [1.807, 2.05) is 31.2 Å². The molecule has 0 saturated heterocycles. The van der Waals surface area contributed by atoms with Crippen molar-refractivity contribution in [3.05, 3.63) is 35.3 Å². The molecule has 0 unspecified atom stereocenters. The van der Waals surface area contributed by atoms with E-state index in [1.165, 1.54) is 18.4 Å². The van der Waals surface area contributed by atoms with E-state index < -0.39 is 5.97 Å². The minimum Gasteiger partial charge on any atom is -0.490 e. The Bertz CT molecular complexity index is 842. The predicted molar refractivity (Wildman–Crippen MR) is 87.6 cm³/mol. The molecule has 0 saturated carbocycles. The van der Waals surface area contributed by atoms with Gasteiger partial charge in [-0.25, -0.2) is 4.79 Å². The molecule has 2 aromatic heterocycles. The lowest BCUT2D eigenvalue weighted by Crippen LogP contribution is -2.24. The largest absolute Gasteiger partial charge is 0.490 e. The van der Waals surface area contributed by atoms with Gasteiger partial charge in [0.1, 0.15) is 6.61 Å². The van der Waals surface area contributed by atoms with E-state index in [0.717, 1.165) is 21.0 Å². The van der Waals surface area contributed by atoms with Gasteiger partial charge in [0.2, 0.25) is 0 Å². The number of ether oxygens (including phenoxy) is 2. The summed E-state index contributed by atoms with van der Waals surface area (Å²) in [7, 11) is 1.36. The van der Waals surface area contributed by atoms with Gasteiger partial charge >= 0.3 is 5.97 Å². The van der Waals surface area contributed by atoms with Crippen molar-refractivity contribution < 1.29 is 14.3 Å². The quantitative estimate of drug-likeness (QED) is 0.749. The van der Waals surface area contributed by atoms with Crippen molar-refractivity contribution >= 4 is 38.3 Å². The molecule has 0 bridgehead atoms. The normalized spacial score (nSPS) is 12.5. The molecule has 0 aliphatic heterocycles. The van der Waals surface area contributed by atoms with Crippen LogP contribution in [0.2, 0.25) is 0 Å². The molecule has 2 heterocycles. The van der Waals surface area contributed by atoms with Crippen LogP contribution in [0.15, 0.2) is 30.5 Å². The smallest absolute Gasteiger partial charge is 0.351 e. The first-order valence-corrected chi connectivity index (χ1v) is 7.70. The number of carbonyl (C=O) groups excluding carboxylic acids is 1. The second kappa shape index (κ2) is 5.90. The number of nitrogens with two attached hydrogens (primary N) is 1. The number of aromatic nitrogens is 1. The van der Waals surface area contributed by atoms with Gasteiger partial charge in [0, 0.05) is 27.7 Å². The summed E-state index contributed by atoms with van der Waals surface area (Å²) in [4.78, 5) is 16.8. The molecule has 3 aromatic rings. The number of carbonyl (C=O) groups is 1. The lowest BCUT2D eigenvalue weighted by molar-refractivity contribution is 0.0602. The van der Waals surface area contributed by atoms with Crippen molar-refractivity contribution in [3.8, 4) is 5.75 Å². The molecule has 6 heteroatoms. The highest BCUT2D eigenvalue weighted by atomic mass is 32.1. The molecule has 22 heavy (non-hydrogen) atoms. The number of hydrogen-bond acceptors (Lipinski definition) is 6. The summed E-state index contributed by atoms with van der Waals surface area (Å²) in [5.41, 5.74) is 6.63. The number of thiophene rings is 1. The van der Waals surface area contributed by atoms with Crippen LogP contribution in [0.4, 0.5) is 0 Å². The molecule has 3 rings (SSSR count). The van der Waals surface area contributed by atoms with Gasteiger partial charge in [-0.2, -0.15) is 0 Å². The summed E-state index contributed by atoms with van der Waals surface area (Å²) in [5.74, 6) is 0.126. The number of hydrogen-bond donors (Lipinski definition) is 1. The SMILES string of the molecule is COC(=O)c1sc2ccc3ncccc3c2c1OC[C@@H](C)N. The lowest BCUT2D eigenvalue weighted by Gasteiger charge is -2.10. The summed E-state index contributed by atoms with van der Waals surface area (Å²) in [6.45, 7) is 2.18. The fourth-order valence-corrected chi connectivity index (χ4v) is 3.38. The minimum atomic E-state index is -0.405. The van der Waals surface area contributed by atoms with Crippen LogP contribution in [0, 0.1) is 0 Å². The number of rotatable bonds is 4. The Morgan fingerprint density at radius 1 is 1.41 bits per heavy atom. The van der Waals surface area contributed by atoms with Crippen LogP contribution in [0.3, 0.4) is 0 Å². The van der Waals surface area contributed by atoms with Crippen LogP contribution < -0.4 is 10.5 Å². The average molecular weight is 316 g/mol. The average Bonchev–Trinajstić information content (AvgIpc) is 2.91. The van der Waals surface area contributed by atoms with Gasteiger partial charge < -0.3 is 15.2 Å². The highest BCUT2D eigenvalue weighted by Gasteiger charge is 2.22. The van der Waals surface area contributed by atoms with Gasteiger partial charge in [0.05, 0.1) is 12.6 Å². The Morgan fingerprint density at radius 2 is 2.23 bits per heavy atom. The Balaban J connectivity index is 2.28. The molecule has 0 aliphatic rings. The zero-order valence-corrected chi connectivity index (χ0v) is 13.1. The molecular weight excluding hydrogens is 300 g/mol. The molecular formula is C16H16N2O3S.